The summed E-state index contributed by atoms with van der Waals surface area (Å²) in [6.45, 7) is 4.11. The first-order chi connectivity index (χ1) is 10.7. The van der Waals surface area contributed by atoms with Crippen molar-refractivity contribution in [3.05, 3.63) is 78.4 Å². The highest BCUT2D eigenvalue weighted by atomic mass is 16.5. The van der Waals surface area contributed by atoms with Crippen LogP contribution in [0.25, 0.3) is 0 Å². The molecule has 1 atom stereocenters. The molecule has 1 unspecified atom stereocenters. The number of carbonyl (C=O) groups excluding carboxylic acids is 1. The van der Waals surface area contributed by atoms with E-state index in [1.807, 2.05) is 54.6 Å². The quantitative estimate of drug-likeness (QED) is 0.796. The molecule has 3 nitrogen and oxygen atoms in total. The maximum atomic E-state index is 12.5. The summed E-state index contributed by atoms with van der Waals surface area (Å²) in [5.41, 5.74) is 2.08. The third-order valence-electron chi connectivity index (χ3n) is 3.52. The molecule has 2 aromatic rings. The van der Waals surface area contributed by atoms with Crippen LogP contribution < -0.4 is 10.1 Å². The number of benzene rings is 2. The monoisotopic (exact) mass is 295 g/mol. The van der Waals surface area contributed by atoms with Crippen LogP contribution in [0, 0.1) is 0 Å². The van der Waals surface area contributed by atoms with Gasteiger partial charge < -0.3 is 10.1 Å². The Labute approximate surface area is 131 Å². The molecule has 0 aliphatic rings. The van der Waals surface area contributed by atoms with Gasteiger partial charge in [0, 0.05) is 6.54 Å². The number of methoxy groups -OCH3 is 1. The van der Waals surface area contributed by atoms with E-state index in [1.165, 1.54) is 0 Å². The van der Waals surface area contributed by atoms with Crippen LogP contribution in [0.1, 0.15) is 17.0 Å². The third kappa shape index (κ3) is 4.22. The van der Waals surface area contributed by atoms with E-state index in [4.69, 9.17) is 4.74 Å². The van der Waals surface area contributed by atoms with Crippen molar-refractivity contribution in [3.8, 4) is 5.75 Å². The largest absolute Gasteiger partial charge is 0.497 e. The number of amides is 1. The summed E-state index contributed by atoms with van der Waals surface area (Å²) in [4.78, 5) is 12.5. The van der Waals surface area contributed by atoms with Gasteiger partial charge in [-0.15, -0.1) is 6.58 Å². The highest BCUT2D eigenvalue weighted by molar-refractivity contribution is 5.84. The topological polar surface area (TPSA) is 38.3 Å². The van der Waals surface area contributed by atoms with Gasteiger partial charge in [0.1, 0.15) is 5.75 Å². The van der Waals surface area contributed by atoms with Crippen molar-refractivity contribution in [2.75, 3.05) is 13.7 Å². The maximum Gasteiger partial charge on any atom is 0.228 e. The molecule has 114 valence electrons. The van der Waals surface area contributed by atoms with E-state index in [-0.39, 0.29) is 11.8 Å². The number of rotatable bonds is 7. The zero-order valence-corrected chi connectivity index (χ0v) is 12.8. The molecular formula is C19H21NO2. The molecule has 1 amide bonds. The lowest BCUT2D eigenvalue weighted by molar-refractivity contribution is -0.122. The van der Waals surface area contributed by atoms with Crippen LogP contribution in [0.5, 0.6) is 5.75 Å². The summed E-state index contributed by atoms with van der Waals surface area (Å²) in [5.74, 6) is 0.501. The van der Waals surface area contributed by atoms with Gasteiger partial charge in [0.05, 0.1) is 13.0 Å². The van der Waals surface area contributed by atoms with Crippen molar-refractivity contribution in [2.45, 2.75) is 12.3 Å². The van der Waals surface area contributed by atoms with Gasteiger partial charge in [0.25, 0.3) is 0 Å². The summed E-state index contributed by atoms with van der Waals surface area (Å²) in [7, 11) is 1.63. The van der Waals surface area contributed by atoms with Gasteiger partial charge >= 0.3 is 0 Å². The second-order valence-electron chi connectivity index (χ2n) is 5.05. The average Bonchev–Trinajstić information content (AvgIpc) is 2.58. The maximum absolute atomic E-state index is 12.5. The fourth-order valence-corrected chi connectivity index (χ4v) is 2.37. The predicted molar refractivity (Wildman–Crippen MR) is 89.1 cm³/mol. The van der Waals surface area contributed by atoms with Gasteiger partial charge in [-0.25, -0.2) is 0 Å². The minimum absolute atomic E-state index is 0.00277. The van der Waals surface area contributed by atoms with Gasteiger partial charge in [-0.2, -0.15) is 0 Å². The molecule has 2 rings (SSSR count). The second kappa shape index (κ2) is 8.03. The number of ether oxygens (including phenoxy) is 1. The van der Waals surface area contributed by atoms with Crippen molar-refractivity contribution < 1.29 is 9.53 Å². The number of carbonyl (C=O) groups is 1. The smallest absolute Gasteiger partial charge is 0.228 e. The molecule has 1 N–H and O–H groups in total. The summed E-state index contributed by atoms with van der Waals surface area (Å²) in [5, 5.41) is 2.89. The van der Waals surface area contributed by atoms with Crippen LogP contribution in [-0.2, 0) is 11.2 Å². The van der Waals surface area contributed by atoms with Crippen molar-refractivity contribution >= 4 is 5.91 Å². The molecule has 0 heterocycles. The zero-order chi connectivity index (χ0) is 15.8. The van der Waals surface area contributed by atoms with Crippen LogP contribution in [0.3, 0.4) is 0 Å². The molecule has 0 aliphatic heterocycles. The van der Waals surface area contributed by atoms with Gasteiger partial charge in [-0.05, 0) is 29.7 Å². The second-order valence-corrected chi connectivity index (χ2v) is 5.05. The first kappa shape index (κ1) is 15.8. The fraction of sp³-hybridized carbons (Fsp3) is 0.211. The van der Waals surface area contributed by atoms with Crippen molar-refractivity contribution in [3.63, 3.8) is 0 Å². The van der Waals surface area contributed by atoms with Crippen molar-refractivity contribution in [1.29, 1.82) is 0 Å². The lowest BCUT2D eigenvalue weighted by Gasteiger charge is -2.17. The SMILES string of the molecule is C=CCNC(=O)C(Cc1ccccc1)c1cccc(OC)c1. The van der Waals surface area contributed by atoms with E-state index in [2.05, 4.69) is 11.9 Å². The standard InChI is InChI=1S/C19H21NO2/c1-3-12-20-19(21)18(13-15-8-5-4-6-9-15)16-10-7-11-17(14-16)22-2/h3-11,14,18H,1,12-13H2,2H3,(H,20,21). The van der Waals surface area contributed by atoms with Crippen LogP contribution in [0.2, 0.25) is 0 Å². The molecule has 0 aromatic heterocycles. The van der Waals surface area contributed by atoms with E-state index in [9.17, 15) is 4.79 Å². The molecule has 0 aliphatic carbocycles. The average molecular weight is 295 g/mol. The molecule has 3 heteroatoms. The van der Waals surface area contributed by atoms with Gasteiger partial charge in [0.15, 0.2) is 0 Å². The van der Waals surface area contributed by atoms with Gasteiger partial charge in [-0.1, -0.05) is 48.5 Å². The third-order valence-corrected chi connectivity index (χ3v) is 3.52. The molecular weight excluding hydrogens is 274 g/mol. The van der Waals surface area contributed by atoms with E-state index < -0.39 is 0 Å². The Morgan fingerprint density at radius 2 is 2.00 bits per heavy atom. The molecule has 0 saturated carbocycles. The molecule has 2 aromatic carbocycles. The first-order valence-corrected chi connectivity index (χ1v) is 7.31. The highest BCUT2D eigenvalue weighted by Crippen LogP contribution is 2.24. The van der Waals surface area contributed by atoms with Crippen molar-refractivity contribution in [1.82, 2.24) is 5.32 Å². The van der Waals surface area contributed by atoms with Crippen LogP contribution in [-0.4, -0.2) is 19.6 Å². The Hall–Kier alpha value is -2.55. The number of hydrogen-bond donors (Lipinski definition) is 1. The number of nitrogens with one attached hydrogen (secondary N) is 1. The van der Waals surface area contributed by atoms with E-state index in [0.29, 0.717) is 13.0 Å². The molecule has 0 fully saturated rings. The molecule has 0 radical (unpaired) electrons. The van der Waals surface area contributed by atoms with Crippen molar-refractivity contribution in [2.24, 2.45) is 0 Å². The normalized spacial score (nSPS) is 11.5. The Bertz CT molecular complexity index is 622. The lowest BCUT2D eigenvalue weighted by Crippen LogP contribution is -2.30. The van der Waals surface area contributed by atoms with Crippen LogP contribution in [0.4, 0.5) is 0 Å². The van der Waals surface area contributed by atoms with Crippen LogP contribution in [0.15, 0.2) is 67.3 Å². The Morgan fingerprint density at radius 1 is 1.23 bits per heavy atom. The summed E-state index contributed by atoms with van der Waals surface area (Å²) >= 11 is 0. The van der Waals surface area contributed by atoms with Gasteiger partial charge in [0.2, 0.25) is 5.91 Å². The van der Waals surface area contributed by atoms with E-state index >= 15 is 0 Å². The van der Waals surface area contributed by atoms with Crippen LogP contribution >= 0.6 is 0 Å². The molecule has 22 heavy (non-hydrogen) atoms. The summed E-state index contributed by atoms with van der Waals surface area (Å²) < 4.78 is 5.27. The minimum atomic E-state index is -0.252. The molecule has 0 bridgehead atoms. The Balaban J connectivity index is 2.27. The summed E-state index contributed by atoms with van der Waals surface area (Å²) in [6, 6.07) is 17.7. The zero-order valence-electron chi connectivity index (χ0n) is 12.8. The fourth-order valence-electron chi connectivity index (χ4n) is 2.37. The van der Waals surface area contributed by atoms with E-state index in [0.717, 1.165) is 16.9 Å². The summed E-state index contributed by atoms with van der Waals surface area (Å²) in [6.07, 6.45) is 2.33. The molecule has 0 spiro atoms. The predicted octanol–water partition coefficient (Wildman–Crippen LogP) is 3.32. The Morgan fingerprint density at radius 3 is 2.68 bits per heavy atom. The number of hydrogen-bond acceptors (Lipinski definition) is 2. The van der Waals surface area contributed by atoms with E-state index in [1.54, 1.807) is 13.2 Å². The minimum Gasteiger partial charge on any atom is -0.497 e. The van der Waals surface area contributed by atoms with Gasteiger partial charge in [-0.3, -0.25) is 4.79 Å². The molecule has 0 saturated heterocycles. The highest BCUT2D eigenvalue weighted by Gasteiger charge is 2.21. The lowest BCUT2D eigenvalue weighted by atomic mass is 9.91. The Kier molecular flexibility index (Phi) is 5.78. The first-order valence-electron chi connectivity index (χ1n) is 7.31.